The van der Waals surface area contributed by atoms with Crippen LogP contribution in [-0.2, 0) is 11.2 Å². The molecule has 4 heteroatoms. The fourth-order valence-corrected chi connectivity index (χ4v) is 1.79. The number of rotatable bonds is 2. The molecule has 1 aliphatic rings. The van der Waals surface area contributed by atoms with Crippen LogP contribution in [0.3, 0.4) is 0 Å². The maximum Gasteiger partial charge on any atom is 0.374 e. The van der Waals surface area contributed by atoms with E-state index >= 15 is 0 Å². The molecule has 4 nitrogen and oxygen atoms in total. The smallest absolute Gasteiger partial charge is 0.374 e. The highest BCUT2D eigenvalue weighted by atomic mass is 16.5. The normalized spacial score (nSPS) is 14.9. The van der Waals surface area contributed by atoms with Crippen LogP contribution in [0.1, 0.15) is 46.2 Å². The lowest BCUT2D eigenvalue weighted by Crippen LogP contribution is -2.12. The van der Waals surface area contributed by atoms with Crippen molar-refractivity contribution in [3.8, 4) is 0 Å². The van der Waals surface area contributed by atoms with E-state index in [0.29, 0.717) is 30.6 Å². The minimum absolute atomic E-state index is 0.0514. The average molecular weight is 208 g/mol. The Morgan fingerprint density at radius 2 is 2.33 bits per heavy atom. The number of carbonyl (C=O) groups excluding carboxylic acids is 2. The zero-order valence-electron chi connectivity index (χ0n) is 8.54. The topological polar surface area (TPSA) is 56.5 Å². The predicted octanol–water partition coefficient (Wildman–Crippen LogP) is 1.98. The highest BCUT2D eigenvalue weighted by molar-refractivity contribution is 6.01. The maximum absolute atomic E-state index is 11.5. The van der Waals surface area contributed by atoms with Gasteiger partial charge in [0, 0.05) is 12.0 Å². The number of carbonyl (C=O) groups is 2. The van der Waals surface area contributed by atoms with Gasteiger partial charge in [-0.25, -0.2) is 4.79 Å². The Balaban J connectivity index is 2.34. The van der Waals surface area contributed by atoms with Crippen molar-refractivity contribution >= 4 is 11.8 Å². The van der Waals surface area contributed by atoms with E-state index in [2.05, 4.69) is 0 Å². The quantitative estimate of drug-likeness (QED) is 0.697. The highest BCUT2D eigenvalue weighted by Crippen LogP contribution is 2.26. The first-order chi connectivity index (χ1) is 7.24. The second kappa shape index (κ2) is 3.88. The summed E-state index contributed by atoms with van der Waals surface area (Å²) in [5, 5.41) is 0. The molecule has 1 aromatic heterocycles. The van der Waals surface area contributed by atoms with Gasteiger partial charge < -0.3 is 9.15 Å². The fourth-order valence-electron chi connectivity index (χ4n) is 1.79. The first kappa shape index (κ1) is 9.96. The van der Waals surface area contributed by atoms with E-state index < -0.39 is 5.97 Å². The van der Waals surface area contributed by atoms with Gasteiger partial charge in [-0.2, -0.15) is 0 Å². The largest absolute Gasteiger partial charge is 0.460 e. The van der Waals surface area contributed by atoms with Crippen molar-refractivity contribution in [1.82, 2.24) is 0 Å². The summed E-state index contributed by atoms with van der Waals surface area (Å²) >= 11 is 0. The number of fused-ring (bicyclic) bond motifs is 1. The number of esters is 1. The molecule has 0 unspecified atom stereocenters. The molecule has 0 fully saturated rings. The van der Waals surface area contributed by atoms with Crippen LogP contribution in [-0.4, -0.2) is 18.4 Å². The van der Waals surface area contributed by atoms with E-state index in [0.717, 1.165) is 6.42 Å². The van der Waals surface area contributed by atoms with Crippen LogP contribution in [0, 0.1) is 0 Å². The van der Waals surface area contributed by atoms with Crippen LogP contribution in [0.5, 0.6) is 0 Å². The Morgan fingerprint density at radius 1 is 1.53 bits per heavy atom. The second-order valence-electron chi connectivity index (χ2n) is 3.45. The summed E-state index contributed by atoms with van der Waals surface area (Å²) < 4.78 is 9.95. The highest BCUT2D eigenvalue weighted by Gasteiger charge is 2.27. The van der Waals surface area contributed by atoms with Crippen molar-refractivity contribution in [2.45, 2.75) is 26.2 Å². The van der Waals surface area contributed by atoms with Gasteiger partial charge in [0.15, 0.2) is 5.78 Å². The number of hydrogen-bond donors (Lipinski definition) is 0. The predicted molar refractivity (Wildman–Crippen MR) is 51.9 cm³/mol. The minimum Gasteiger partial charge on any atom is -0.460 e. The number of ketones is 1. The molecular formula is C11H12O4. The molecule has 0 saturated carbocycles. The van der Waals surface area contributed by atoms with Gasteiger partial charge in [-0.3, -0.25) is 4.79 Å². The second-order valence-corrected chi connectivity index (χ2v) is 3.45. The number of hydrogen-bond acceptors (Lipinski definition) is 4. The lowest BCUT2D eigenvalue weighted by atomic mass is 9.93. The third kappa shape index (κ3) is 1.67. The van der Waals surface area contributed by atoms with Gasteiger partial charge in [0.2, 0.25) is 5.76 Å². The van der Waals surface area contributed by atoms with Crippen molar-refractivity contribution in [2.24, 2.45) is 0 Å². The Labute approximate surface area is 87.2 Å². The van der Waals surface area contributed by atoms with Crippen LogP contribution < -0.4 is 0 Å². The summed E-state index contributed by atoms with van der Waals surface area (Å²) in [4.78, 5) is 22.9. The van der Waals surface area contributed by atoms with Crippen molar-refractivity contribution in [3.63, 3.8) is 0 Å². The number of Topliss-reactive ketones (excluding diaryl/α,β-unsaturated/α-hetero) is 1. The molecule has 15 heavy (non-hydrogen) atoms. The minimum atomic E-state index is -0.478. The van der Waals surface area contributed by atoms with Crippen LogP contribution in [0.2, 0.25) is 0 Å². The van der Waals surface area contributed by atoms with Gasteiger partial charge in [-0.05, 0) is 19.8 Å². The molecule has 1 aliphatic carbocycles. The van der Waals surface area contributed by atoms with Crippen LogP contribution in [0.25, 0.3) is 0 Å². The molecule has 1 aromatic rings. The summed E-state index contributed by atoms with van der Waals surface area (Å²) in [5.74, 6) is -0.233. The SMILES string of the molecule is CCOC(=O)c1occ2c1CCCC2=O. The monoisotopic (exact) mass is 208 g/mol. The molecule has 0 amide bonds. The molecule has 0 radical (unpaired) electrons. The van der Waals surface area contributed by atoms with E-state index in [4.69, 9.17) is 9.15 Å². The fraction of sp³-hybridized carbons (Fsp3) is 0.455. The molecule has 80 valence electrons. The Bertz CT molecular complexity index is 403. The first-order valence-corrected chi connectivity index (χ1v) is 5.04. The molecule has 0 N–H and O–H groups in total. The molecular weight excluding hydrogens is 196 g/mol. The Hall–Kier alpha value is -1.58. The molecule has 2 rings (SSSR count). The molecule has 0 atom stereocenters. The summed E-state index contributed by atoms with van der Waals surface area (Å²) in [5.41, 5.74) is 1.26. The summed E-state index contributed by atoms with van der Waals surface area (Å²) in [6.07, 6.45) is 3.39. The van der Waals surface area contributed by atoms with Gasteiger partial charge >= 0.3 is 5.97 Å². The zero-order chi connectivity index (χ0) is 10.8. The molecule has 0 aliphatic heterocycles. The average Bonchev–Trinajstić information content (AvgIpc) is 2.63. The van der Waals surface area contributed by atoms with Crippen molar-refractivity contribution in [1.29, 1.82) is 0 Å². The summed E-state index contributed by atoms with van der Waals surface area (Å²) in [7, 11) is 0. The lowest BCUT2D eigenvalue weighted by Gasteiger charge is -2.09. The lowest BCUT2D eigenvalue weighted by molar-refractivity contribution is 0.0488. The van der Waals surface area contributed by atoms with Gasteiger partial charge in [0.1, 0.15) is 6.26 Å². The van der Waals surface area contributed by atoms with E-state index in [1.165, 1.54) is 6.26 Å². The third-order valence-electron chi connectivity index (χ3n) is 2.49. The van der Waals surface area contributed by atoms with Crippen molar-refractivity contribution in [2.75, 3.05) is 6.61 Å². The number of ether oxygens (including phenoxy) is 1. The van der Waals surface area contributed by atoms with E-state index in [1.54, 1.807) is 6.92 Å². The molecule has 0 bridgehead atoms. The van der Waals surface area contributed by atoms with Crippen LogP contribution in [0.15, 0.2) is 10.7 Å². The third-order valence-corrected chi connectivity index (χ3v) is 2.49. The van der Waals surface area contributed by atoms with Crippen LogP contribution in [0.4, 0.5) is 0 Å². The van der Waals surface area contributed by atoms with Gasteiger partial charge in [-0.1, -0.05) is 0 Å². The standard InChI is InChI=1S/C11H12O4/c1-2-14-11(13)10-7-4-3-5-9(12)8(7)6-15-10/h6H,2-5H2,1H3. The molecule has 0 spiro atoms. The van der Waals surface area contributed by atoms with E-state index in [9.17, 15) is 9.59 Å². The van der Waals surface area contributed by atoms with Crippen LogP contribution >= 0.6 is 0 Å². The Morgan fingerprint density at radius 3 is 3.07 bits per heavy atom. The van der Waals surface area contributed by atoms with Crippen molar-refractivity contribution < 1.29 is 18.7 Å². The Kier molecular flexibility index (Phi) is 2.58. The summed E-state index contributed by atoms with van der Waals surface area (Å²) in [6.45, 7) is 2.04. The van der Waals surface area contributed by atoms with Gasteiger partial charge in [0.05, 0.1) is 12.2 Å². The summed E-state index contributed by atoms with van der Waals surface area (Å²) in [6, 6.07) is 0. The molecule has 0 saturated heterocycles. The van der Waals surface area contributed by atoms with Gasteiger partial charge in [0.25, 0.3) is 0 Å². The van der Waals surface area contributed by atoms with Gasteiger partial charge in [-0.15, -0.1) is 0 Å². The maximum atomic E-state index is 11.5. The zero-order valence-corrected chi connectivity index (χ0v) is 8.54. The molecule has 1 heterocycles. The van der Waals surface area contributed by atoms with E-state index in [1.807, 2.05) is 0 Å². The molecule has 0 aromatic carbocycles. The number of furan rings is 1. The van der Waals surface area contributed by atoms with Crippen molar-refractivity contribution in [3.05, 3.63) is 23.2 Å². The van der Waals surface area contributed by atoms with E-state index in [-0.39, 0.29) is 11.5 Å². The first-order valence-electron chi connectivity index (χ1n) is 5.04.